The van der Waals surface area contributed by atoms with Crippen LogP contribution in [0.4, 0.5) is 0 Å². The van der Waals surface area contributed by atoms with Crippen molar-refractivity contribution in [2.45, 2.75) is 47.4 Å². The fraction of sp³-hybridized carbons (Fsp3) is 0.389. The third-order valence-electron chi connectivity index (χ3n) is 4.19. The first-order valence-corrected chi connectivity index (χ1v) is 10.2. The van der Waals surface area contributed by atoms with Gasteiger partial charge in [-0.3, -0.25) is 4.79 Å². The molecule has 0 bridgehead atoms. The van der Waals surface area contributed by atoms with Gasteiger partial charge in [-0.05, 0) is 31.2 Å². The molecule has 0 unspecified atom stereocenters. The molecule has 1 fully saturated rings. The van der Waals surface area contributed by atoms with Crippen molar-refractivity contribution in [3.05, 3.63) is 40.2 Å². The number of thioether (sulfide) groups is 2. The highest BCUT2D eigenvalue weighted by atomic mass is 32.2. The molecule has 1 N–H and O–H groups in total. The molecule has 1 aliphatic rings. The van der Waals surface area contributed by atoms with Crippen molar-refractivity contribution < 1.29 is 0 Å². The second kappa shape index (κ2) is 7.91. The SMILES string of the molecule is CSc1nc(-c2ccc(SC3CCCCC3)cc2)c(C#N)c(=O)[nH]1. The van der Waals surface area contributed by atoms with Crippen molar-refractivity contribution in [1.29, 1.82) is 5.26 Å². The van der Waals surface area contributed by atoms with Gasteiger partial charge in [0.2, 0.25) is 0 Å². The summed E-state index contributed by atoms with van der Waals surface area (Å²) in [7, 11) is 0. The van der Waals surface area contributed by atoms with Crippen LogP contribution in [0.15, 0.2) is 39.1 Å². The number of benzene rings is 1. The van der Waals surface area contributed by atoms with Gasteiger partial charge in [0, 0.05) is 15.7 Å². The summed E-state index contributed by atoms with van der Waals surface area (Å²) in [6, 6.07) is 10.0. The molecule has 1 aromatic carbocycles. The number of nitriles is 1. The van der Waals surface area contributed by atoms with E-state index < -0.39 is 0 Å². The summed E-state index contributed by atoms with van der Waals surface area (Å²) in [6.07, 6.45) is 8.44. The van der Waals surface area contributed by atoms with Crippen LogP contribution in [0.1, 0.15) is 37.7 Å². The standard InChI is InChI=1S/C18H19N3OS2/c1-23-18-20-16(15(11-19)17(22)21-18)12-7-9-14(10-8-12)24-13-5-3-2-4-6-13/h7-10,13H,2-6H2,1H3,(H,20,21,22). The summed E-state index contributed by atoms with van der Waals surface area (Å²) >= 11 is 3.29. The molecule has 0 radical (unpaired) electrons. The molecule has 0 saturated heterocycles. The largest absolute Gasteiger partial charge is 0.300 e. The number of nitrogens with one attached hydrogen (secondary N) is 1. The Labute approximate surface area is 150 Å². The summed E-state index contributed by atoms with van der Waals surface area (Å²) < 4.78 is 0. The normalized spacial score (nSPS) is 15.2. The molecular formula is C18H19N3OS2. The Morgan fingerprint density at radius 2 is 1.92 bits per heavy atom. The average Bonchev–Trinajstić information content (AvgIpc) is 2.62. The van der Waals surface area contributed by atoms with Gasteiger partial charge >= 0.3 is 0 Å². The minimum absolute atomic E-state index is 0.0699. The minimum Gasteiger partial charge on any atom is -0.300 e. The molecule has 0 atom stereocenters. The first-order chi connectivity index (χ1) is 11.7. The van der Waals surface area contributed by atoms with Gasteiger partial charge in [-0.2, -0.15) is 5.26 Å². The van der Waals surface area contributed by atoms with E-state index in [9.17, 15) is 10.1 Å². The summed E-state index contributed by atoms with van der Waals surface area (Å²) in [6.45, 7) is 0. The number of hydrogen-bond acceptors (Lipinski definition) is 5. The number of H-pyrrole nitrogens is 1. The molecule has 24 heavy (non-hydrogen) atoms. The number of aromatic nitrogens is 2. The third kappa shape index (κ3) is 3.85. The zero-order chi connectivity index (χ0) is 16.9. The van der Waals surface area contributed by atoms with Crippen LogP contribution in [0.5, 0.6) is 0 Å². The summed E-state index contributed by atoms with van der Waals surface area (Å²) in [5.41, 5.74) is 0.953. The van der Waals surface area contributed by atoms with E-state index >= 15 is 0 Å². The Morgan fingerprint density at radius 3 is 2.54 bits per heavy atom. The van der Waals surface area contributed by atoms with Crippen molar-refractivity contribution in [1.82, 2.24) is 9.97 Å². The van der Waals surface area contributed by atoms with E-state index in [4.69, 9.17) is 0 Å². The Kier molecular flexibility index (Phi) is 5.64. The fourth-order valence-electron chi connectivity index (χ4n) is 2.93. The average molecular weight is 358 g/mol. The maximum Gasteiger partial charge on any atom is 0.270 e. The summed E-state index contributed by atoms with van der Waals surface area (Å²) in [5, 5.41) is 10.5. The quantitative estimate of drug-likeness (QED) is 0.646. The maximum absolute atomic E-state index is 12.0. The third-order valence-corrected chi connectivity index (χ3v) is 6.11. The van der Waals surface area contributed by atoms with E-state index in [1.807, 2.05) is 36.2 Å². The molecule has 2 aromatic rings. The van der Waals surface area contributed by atoms with Crippen LogP contribution in [0.25, 0.3) is 11.3 Å². The number of nitrogens with zero attached hydrogens (tertiary/aromatic N) is 2. The molecule has 6 heteroatoms. The van der Waals surface area contributed by atoms with E-state index in [0.717, 1.165) is 5.56 Å². The van der Waals surface area contributed by atoms with Gasteiger partial charge in [0.15, 0.2) is 5.16 Å². The molecule has 3 rings (SSSR count). The van der Waals surface area contributed by atoms with Crippen molar-refractivity contribution in [3.8, 4) is 17.3 Å². The molecule has 0 amide bonds. The van der Waals surface area contributed by atoms with Gasteiger partial charge < -0.3 is 4.98 Å². The van der Waals surface area contributed by atoms with E-state index in [0.29, 0.717) is 16.1 Å². The van der Waals surface area contributed by atoms with Gasteiger partial charge in [-0.1, -0.05) is 43.2 Å². The van der Waals surface area contributed by atoms with Crippen LogP contribution in [-0.4, -0.2) is 21.5 Å². The smallest absolute Gasteiger partial charge is 0.270 e. The molecule has 124 valence electrons. The lowest BCUT2D eigenvalue weighted by Gasteiger charge is -2.20. The van der Waals surface area contributed by atoms with Gasteiger partial charge in [-0.25, -0.2) is 4.98 Å². The predicted molar refractivity (Wildman–Crippen MR) is 99.5 cm³/mol. The Hall–Kier alpha value is -1.71. The lowest BCUT2D eigenvalue weighted by Crippen LogP contribution is -2.14. The lowest BCUT2D eigenvalue weighted by molar-refractivity contribution is 0.516. The van der Waals surface area contributed by atoms with Crippen molar-refractivity contribution in [3.63, 3.8) is 0 Å². The molecule has 1 saturated carbocycles. The zero-order valence-electron chi connectivity index (χ0n) is 13.5. The van der Waals surface area contributed by atoms with Crippen LogP contribution in [0.3, 0.4) is 0 Å². The summed E-state index contributed by atoms with van der Waals surface area (Å²) in [5.74, 6) is 0. The second-order valence-corrected chi connectivity index (χ2v) is 7.98. The monoisotopic (exact) mass is 357 g/mol. The summed E-state index contributed by atoms with van der Waals surface area (Å²) in [4.78, 5) is 20.3. The molecule has 0 aliphatic heterocycles. The zero-order valence-corrected chi connectivity index (χ0v) is 15.2. The van der Waals surface area contributed by atoms with Crippen molar-refractivity contribution >= 4 is 23.5 Å². The Balaban J connectivity index is 1.86. The van der Waals surface area contributed by atoms with Gasteiger partial charge in [0.25, 0.3) is 5.56 Å². The van der Waals surface area contributed by atoms with Gasteiger partial charge in [0.05, 0.1) is 5.69 Å². The molecule has 0 spiro atoms. The molecule has 1 heterocycles. The van der Waals surface area contributed by atoms with E-state index in [-0.39, 0.29) is 11.1 Å². The van der Waals surface area contributed by atoms with Crippen LogP contribution in [-0.2, 0) is 0 Å². The highest BCUT2D eigenvalue weighted by Crippen LogP contribution is 2.34. The van der Waals surface area contributed by atoms with Crippen molar-refractivity contribution in [2.24, 2.45) is 0 Å². The van der Waals surface area contributed by atoms with Crippen LogP contribution in [0.2, 0.25) is 0 Å². The van der Waals surface area contributed by atoms with Crippen molar-refractivity contribution in [2.75, 3.05) is 6.26 Å². The Morgan fingerprint density at radius 1 is 1.21 bits per heavy atom. The second-order valence-electron chi connectivity index (χ2n) is 5.81. The first kappa shape index (κ1) is 17.1. The lowest BCUT2D eigenvalue weighted by atomic mass is 10.0. The molecule has 1 aromatic heterocycles. The van der Waals surface area contributed by atoms with E-state index in [2.05, 4.69) is 22.1 Å². The predicted octanol–water partition coefficient (Wildman–Crippen LogP) is 4.46. The highest BCUT2D eigenvalue weighted by Gasteiger charge is 2.16. The molecule has 1 aliphatic carbocycles. The topological polar surface area (TPSA) is 69.5 Å². The fourth-order valence-corrected chi connectivity index (χ4v) is 4.55. The molecular weight excluding hydrogens is 338 g/mol. The number of rotatable bonds is 4. The van der Waals surface area contributed by atoms with Gasteiger partial charge in [-0.15, -0.1) is 11.8 Å². The van der Waals surface area contributed by atoms with E-state index in [1.165, 1.54) is 48.8 Å². The van der Waals surface area contributed by atoms with E-state index in [1.54, 1.807) is 0 Å². The molecule has 4 nitrogen and oxygen atoms in total. The maximum atomic E-state index is 12.0. The minimum atomic E-state index is -0.382. The van der Waals surface area contributed by atoms with Crippen LogP contribution >= 0.6 is 23.5 Å². The van der Waals surface area contributed by atoms with Crippen LogP contribution in [0, 0.1) is 11.3 Å². The highest BCUT2D eigenvalue weighted by molar-refractivity contribution is 8.00. The van der Waals surface area contributed by atoms with Gasteiger partial charge in [0.1, 0.15) is 11.6 Å². The first-order valence-electron chi connectivity index (χ1n) is 8.07. The van der Waals surface area contributed by atoms with Crippen LogP contribution < -0.4 is 5.56 Å². The number of aromatic amines is 1. The Bertz CT molecular complexity index is 802. The number of hydrogen-bond donors (Lipinski definition) is 1.